The minimum atomic E-state index is -0.0573. The first kappa shape index (κ1) is 8.31. The van der Waals surface area contributed by atoms with Crippen molar-refractivity contribution in [3.8, 4) is 0 Å². The highest BCUT2D eigenvalue weighted by molar-refractivity contribution is 5.87. The predicted molar refractivity (Wildman–Crippen MR) is 45.1 cm³/mol. The van der Waals surface area contributed by atoms with Crippen LogP contribution in [0, 0.1) is 5.92 Å². The predicted octanol–water partition coefficient (Wildman–Crippen LogP) is 1.48. The van der Waals surface area contributed by atoms with E-state index in [2.05, 4.69) is 11.9 Å². The number of nitrogens with one attached hydrogen (secondary N) is 1. The van der Waals surface area contributed by atoms with E-state index in [4.69, 9.17) is 0 Å². The SMILES string of the molecule is C=CC(=O)NC(C)CC1CC1. The van der Waals surface area contributed by atoms with Gasteiger partial charge in [-0.1, -0.05) is 19.4 Å². The van der Waals surface area contributed by atoms with Gasteiger partial charge in [0.2, 0.25) is 5.91 Å². The average Bonchev–Trinajstić information content (AvgIpc) is 2.71. The molecule has 0 aromatic heterocycles. The van der Waals surface area contributed by atoms with E-state index in [1.54, 1.807) is 0 Å². The van der Waals surface area contributed by atoms with Crippen molar-refractivity contribution < 1.29 is 4.79 Å². The minimum absolute atomic E-state index is 0.0573. The van der Waals surface area contributed by atoms with Gasteiger partial charge in [0.25, 0.3) is 0 Å². The summed E-state index contributed by atoms with van der Waals surface area (Å²) in [5.74, 6) is 0.813. The molecule has 11 heavy (non-hydrogen) atoms. The first-order chi connectivity index (χ1) is 5.22. The summed E-state index contributed by atoms with van der Waals surface area (Å²) in [5, 5.41) is 2.84. The largest absolute Gasteiger partial charge is 0.350 e. The Morgan fingerprint density at radius 1 is 1.82 bits per heavy atom. The second-order valence-electron chi connectivity index (χ2n) is 3.29. The van der Waals surface area contributed by atoms with Crippen LogP contribution >= 0.6 is 0 Å². The van der Waals surface area contributed by atoms with Crippen LogP contribution in [0.4, 0.5) is 0 Å². The molecule has 1 N–H and O–H groups in total. The summed E-state index contributed by atoms with van der Waals surface area (Å²) in [7, 11) is 0. The molecular formula is C9H15NO. The maximum Gasteiger partial charge on any atom is 0.243 e. The molecule has 0 heterocycles. The molecule has 0 aliphatic heterocycles. The highest BCUT2D eigenvalue weighted by atomic mass is 16.1. The molecule has 1 saturated carbocycles. The molecule has 0 aromatic carbocycles. The van der Waals surface area contributed by atoms with Crippen LogP contribution in [0.1, 0.15) is 26.2 Å². The fourth-order valence-corrected chi connectivity index (χ4v) is 1.21. The number of carbonyl (C=O) groups is 1. The van der Waals surface area contributed by atoms with Gasteiger partial charge in [0.15, 0.2) is 0 Å². The van der Waals surface area contributed by atoms with Gasteiger partial charge in [-0.25, -0.2) is 0 Å². The molecule has 1 fully saturated rings. The van der Waals surface area contributed by atoms with Crippen LogP contribution in [-0.4, -0.2) is 11.9 Å². The highest BCUT2D eigenvalue weighted by Crippen LogP contribution is 2.33. The second kappa shape index (κ2) is 3.56. The normalized spacial score (nSPS) is 19.0. The fraction of sp³-hybridized carbons (Fsp3) is 0.667. The molecule has 1 aliphatic rings. The molecule has 0 bridgehead atoms. The van der Waals surface area contributed by atoms with Crippen molar-refractivity contribution in [2.75, 3.05) is 0 Å². The van der Waals surface area contributed by atoms with E-state index in [0.29, 0.717) is 6.04 Å². The Morgan fingerprint density at radius 2 is 2.45 bits per heavy atom. The lowest BCUT2D eigenvalue weighted by Crippen LogP contribution is -2.31. The van der Waals surface area contributed by atoms with E-state index in [9.17, 15) is 4.79 Å². The van der Waals surface area contributed by atoms with Crippen LogP contribution in [0.25, 0.3) is 0 Å². The van der Waals surface area contributed by atoms with Crippen molar-refractivity contribution in [2.24, 2.45) is 5.92 Å². The van der Waals surface area contributed by atoms with Crippen LogP contribution < -0.4 is 5.32 Å². The van der Waals surface area contributed by atoms with Gasteiger partial charge < -0.3 is 5.32 Å². The van der Waals surface area contributed by atoms with Gasteiger partial charge in [-0.2, -0.15) is 0 Å². The number of hydrogen-bond acceptors (Lipinski definition) is 1. The van der Waals surface area contributed by atoms with Gasteiger partial charge in [-0.3, -0.25) is 4.79 Å². The molecule has 0 radical (unpaired) electrons. The van der Waals surface area contributed by atoms with Crippen LogP contribution in [0.5, 0.6) is 0 Å². The number of amides is 1. The Morgan fingerprint density at radius 3 is 2.91 bits per heavy atom. The maximum absolute atomic E-state index is 10.8. The lowest BCUT2D eigenvalue weighted by atomic mass is 10.1. The smallest absolute Gasteiger partial charge is 0.243 e. The molecule has 2 heteroatoms. The molecule has 62 valence electrons. The molecule has 1 unspecified atom stereocenters. The van der Waals surface area contributed by atoms with E-state index >= 15 is 0 Å². The van der Waals surface area contributed by atoms with Crippen molar-refractivity contribution in [1.82, 2.24) is 5.32 Å². The quantitative estimate of drug-likeness (QED) is 0.609. The fourth-order valence-electron chi connectivity index (χ4n) is 1.21. The van der Waals surface area contributed by atoms with Crippen LogP contribution in [0.3, 0.4) is 0 Å². The lowest BCUT2D eigenvalue weighted by molar-refractivity contribution is -0.117. The van der Waals surface area contributed by atoms with Crippen LogP contribution in [-0.2, 0) is 4.79 Å². The summed E-state index contributed by atoms with van der Waals surface area (Å²) >= 11 is 0. The van der Waals surface area contributed by atoms with Gasteiger partial charge in [0, 0.05) is 6.04 Å². The Bertz CT molecular complexity index is 161. The summed E-state index contributed by atoms with van der Waals surface area (Å²) in [6, 6.07) is 0.313. The summed E-state index contributed by atoms with van der Waals surface area (Å²) < 4.78 is 0. The van der Waals surface area contributed by atoms with E-state index in [1.165, 1.54) is 18.9 Å². The molecule has 2 nitrogen and oxygen atoms in total. The summed E-state index contributed by atoms with van der Waals surface area (Å²) in [6.45, 7) is 5.44. The van der Waals surface area contributed by atoms with Gasteiger partial charge >= 0.3 is 0 Å². The molecule has 0 spiro atoms. The van der Waals surface area contributed by atoms with E-state index in [-0.39, 0.29) is 5.91 Å². The standard InChI is InChI=1S/C9H15NO/c1-3-9(11)10-7(2)6-8-4-5-8/h3,7-8H,1,4-6H2,2H3,(H,10,11). The Hall–Kier alpha value is -0.790. The van der Waals surface area contributed by atoms with Gasteiger partial charge in [-0.15, -0.1) is 0 Å². The van der Waals surface area contributed by atoms with Gasteiger partial charge in [0.1, 0.15) is 0 Å². The number of hydrogen-bond donors (Lipinski definition) is 1. The zero-order valence-corrected chi connectivity index (χ0v) is 6.97. The molecule has 1 aliphatic carbocycles. The summed E-state index contributed by atoms with van der Waals surface area (Å²) in [4.78, 5) is 10.8. The zero-order valence-electron chi connectivity index (χ0n) is 6.97. The summed E-state index contributed by atoms with van der Waals surface area (Å²) in [6.07, 6.45) is 5.13. The van der Waals surface area contributed by atoms with Gasteiger partial charge in [-0.05, 0) is 25.3 Å². The molecule has 0 saturated heterocycles. The topological polar surface area (TPSA) is 29.1 Å². The van der Waals surface area contributed by atoms with Gasteiger partial charge in [0.05, 0.1) is 0 Å². The van der Waals surface area contributed by atoms with Crippen molar-refractivity contribution in [1.29, 1.82) is 0 Å². The molecule has 1 rings (SSSR count). The molecule has 0 aromatic rings. The Balaban J connectivity index is 2.13. The molecular weight excluding hydrogens is 138 g/mol. The highest BCUT2D eigenvalue weighted by Gasteiger charge is 2.23. The third-order valence-corrected chi connectivity index (χ3v) is 1.96. The Kier molecular flexibility index (Phi) is 2.69. The minimum Gasteiger partial charge on any atom is -0.350 e. The number of rotatable bonds is 4. The molecule has 1 amide bonds. The third kappa shape index (κ3) is 3.21. The van der Waals surface area contributed by atoms with E-state index in [1.807, 2.05) is 6.92 Å². The van der Waals surface area contributed by atoms with Crippen molar-refractivity contribution >= 4 is 5.91 Å². The van der Waals surface area contributed by atoms with E-state index < -0.39 is 0 Å². The monoisotopic (exact) mass is 153 g/mol. The third-order valence-electron chi connectivity index (χ3n) is 1.96. The maximum atomic E-state index is 10.8. The van der Waals surface area contributed by atoms with Crippen molar-refractivity contribution in [3.63, 3.8) is 0 Å². The van der Waals surface area contributed by atoms with Crippen molar-refractivity contribution in [3.05, 3.63) is 12.7 Å². The summed E-state index contributed by atoms with van der Waals surface area (Å²) in [5.41, 5.74) is 0. The van der Waals surface area contributed by atoms with Crippen LogP contribution in [0.15, 0.2) is 12.7 Å². The number of carbonyl (C=O) groups excluding carboxylic acids is 1. The van der Waals surface area contributed by atoms with Crippen LogP contribution in [0.2, 0.25) is 0 Å². The second-order valence-corrected chi connectivity index (χ2v) is 3.29. The van der Waals surface area contributed by atoms with Crippen molar-refractivity contribution in [2.45, 2.75) is 32.2 Å². The Labute approximate surface area is 67.7 Å². The zero-order chi connectivity index (χ0) is 8.27. The first-order valence-corrected chi connectivity index (χ1v) is 4.15. The first-order valence-electron chi connectivity index (χ1n) is 4.15. The average molecular weight is 153 g/mol. The van der Waals surface area contributed by atoms with E-state index in [0.717, 1.165) is 12.3 Å². The molecule has 1 atom stereocenters. The lowest BCUT2D eigenvalue weighted by Gasteiger charge is -2.10.